The predicted molar refractivity (Wildman–Crippen MR) is 67.6 cm³/mol. The number of benzene rings is 1. The molecule has 1 aromatic rings. The molecule has 0 spiro atoms. The van der Waals surface area contributed by atoms with Crippen molar-refractivity contribution in [3.8, 4) is 5.75 Å². The number of nitrogens with zero attached hydrogens (tertiary/aromatic N) is 2. The van der Waals surface area contributed by atoms with E-state index in [0.717, 1.165) is 23.7 Å². The fraction of sp³-hybridized carbons (Fsp3) is 0.200. The lowest BCUT2D eigenvalue weighted by Gasteiger charge is -2.10. The first-order valence-corrected chi connectivity index (χ1v) is 6.31. The van der Waals surface area contributed by atoms with Gasteiger partial charge in [-0.1, -0.05) is 0 Å². The molecule has 1 unspecified atom stereocenters. The zero-order chi connectivity index (χ0) is 15.8. The Morgan fingerprint density at radius 1 is 1.18 bits per heavy atom. The molecule has 22 heavy (non-hydrogen) atoms. The average molecular weight is 367 g/mol. The number of aliphatic imine (C=N–C) groups is 1. The average Bonchev–Trinajstić information content (AvgIpc) is 2.69. The normalized spacial score (nSPS) is 17.1. The Kier molecular flexibility index (Phi) is 5.23. The van der Waals surface area contributed by atoms with Gasteiger partial charge in [-0.2, -0.15) is 17.5 Å². The number of halogens is 7. The third-order valence-corrected chi connectivity index (χ3v) is 3.55. The molecule has 0 N–H and O–H groups in total. The van der Waals surface area contributed by atoms with Crippen LogP contribution in [0.5, 0.6) is 5.75 Å². The molecule has 1 aliphatic heterocycles. The molecule has 0 radical (unpaired) electrons. The van der Waals surface area contributed by atoms with E-state index in [1.165, 1.54) is 0 Å². The molecule has 0 saturated carbocycles. The summed E-state index contributed by atoms with van der Waals surface area (Å²) in [5, 5.41) is 0. The molecule has 0 aliphatic carbocycles. The number of carbonyl (C=O) groups excluding carboxylic acids is 1. The third kappa shape index (κ3) is 4.44. The summed E-state index contributed by atoms with van der Waals surface area (Å²) in [6, 6.07) is 2.95. The van der Waals surface area contributed by atoms with Gasteiger partial charge < -0.3 is 4.74 Å². The maximum Gasteiger partial charge on any atom is 0.573 e. The van der Waals surface area contributed by atoms with Crippen molar-refractivity contribution < 1.29 is 35.9 Å². The van der Waals surface area contributed by atoms with Crippen LogP contribution in [0.3, 0.4) is 0 Å². The fourth-order valence-corrected chi connectivity index (χ4v) is 2.67. The van der Waals surface area contributed by atoms with E-state index >= 15 is 0 Å². The molecular weight excluding hydrogens is 362 g/mol. The van der Waals surface area contributed by atoms with Gasteiger partial charge in [-0.15, -0.1) is 25.6 Å². The second kappa shape index (κ2) is 6.24. The molecule has 4 nitrogen and oxygen atoms in total. The van der Waals surface area contributed by atoms with E-state index in [1.807, 2.05) is 0 Å². The van der Waals surface area contributed by atoms with Crippen LogP contribution in [0.1, 0.15) is 0 Å². The Bertz CT molecular complexity index is 656. The summed E-state index contributed by atoms with van der Waals surface area (Å²) in [6.07, 6.45) is -10.1. The maximum atomic E-state index is 12.1. The molecule has 0 aromatic heterocycles. The smallest absolute Gasteiger partial charge is 0.406 e. The molecule has 2 rings (SSSR count). The van der Waals surface area contributed by atoms with Gasteiger partial charge in [0, 0.05) is 0 Å². The number of rotatable bonds is 1. The number of carbonyl (C=O) groups is 1. The minimum Gasteiger partial charge on any atom is -0.406 e. The van der Waals surface area contributed by atoms with Gasteiger partial charge in [0.1, 0.15) is 5.75 Å². The second-order valence-electron chi connectivity index (χ2n) is 3.62. The van der Waals surface area contributed by atoms with Crippen LogP contribution in [-0.2, 0) is 15.5 Å². The zero-order valence-corrected chi connectivity index (χ0v) is 11.7. The van der Waals surface area contributed by atoms with Gasteiger partial charge >= 0.3 is 18.4 Å². The van der Waals surface area contributed by atoms with Gasteiger partial charge in [0.05, 0.1) is 16.1 Å². The van der Waals surface area contributed by atoms with E-state index in [-0.39, 0.29) is 23.0 Å². The summed E-state index contributed by atoms with van der Waals surface area (Å²) in [5.41, 5.74) is 1.10. The maximum absolute atomic E-state index is 12.1. The van der Waals surface area contributed by atoms with Crippen molar-refractivity contribution in [1.82, 2.24) is 0 Å². The molecule has 1 heterocycles. The molecule has 12 heteroatoms. The third-order valence-electron chi connectivity index (χ3n) is 2.11. The second-order valence-corrected chi connectivity index (χ2v) is 5.08. The standard InChI is InChI=1S/C10H4F6N2O2S.ClH/c11-9(12,13)8(19)18-21-4-17-6-2-1-5(3-7(6)21)20-10(14,15)16;/h1-4H;1H. The largest absolute Gasteiger partial charge is 0.573 e. The Morgan fingerprint density at radius 2 is 1.82 bits per heavy atom. The quantitative estimate of drug-likeness (QED) is 0.707. The predicted octanol–water partition coefficient (Wildman–Crippen LogP) is 3.93. The number of ether oxygens (including phenoxy) is 1. The molecule has 0 bridgehead atoms. The highest BCUT2D eigenvalue weighted by Crippen LogP contribution is 2.34. The van der Waals surface area contributed by atoms with Crippen molar-refractivity contribution in [3.05, 3.63) is 18.2 Å². The van der Waals surface area contributed by atoms with E-state index in [2.05, 4.69) is 14.1 Å². The summed E-state index contributed by atoms with van der Waals surface area (Å²) < 4.78 is 79.2. The van der Waals surface area contributed by atoms with E-state index in [0.29, 0.717) is 0 Å². The highest BCUT2D eigenvalue weighted by atomic mass is 35.5. The van der Waals surface area contributed by atoms with Crippen LogP contribution in [-0.4, -0.2) is 24.0 Å². The first kappa shape index (κ1) is 18.4. The molecule has 1 amide bonds. The van der Waals surface area contributed by atoms with Crippen LogP contribution >= 0.6 is 12.4 Å². The van der Waals surface area contributed by atoms with Gasteiger partial charge in [0.25, 0.3) is 0 Å². The SMILES string of the molecule is Cl.O=C(N=S1C=Nc2ccc(OC(F)(F)F)cc21)C(F)(F)F. The molecule has 0 fully saturated rings. The van der Waals surface area contributed by atoms with Crippen LogP contribution in [0.15, 0.2) is 32.4 Å². The Labute approximate surface area is 127 Å². The first-order chi connectivity index (χ1) is 9.56. The van der Waals surface area contributed by atoms with E-state index in [4.69, 9.17) is 0 Å². The van der Waals surface area contributed by atoms with Crippen LogP contribution in [0, 0.1) is 0 Å². The van der Waals surface area contributed by atoms with Crippen molar-refractivity contribution in [2.24, 2.45) is 9.36 Å². The summed E-state index contributed by atoms with van der Waals surface area (Å²) in [6.45, 7) is 0. The van der Waals surface area contributed by atoms with Crippen molar-refractivity contribution >= 4 is 40.2 Å². The Hall–Kier alpha value is -1.62. The fourth-order valence-electron chi connectivity index (χ4n) is 1.34. The first-order valence-electron chi connectivity index (χ1n) is 5.06. The number of hydrogen-bond donors (Lipinski definition) is 0. The van der Waals surface area contributed by atoms with E-state index < -0.39 is 34.9 Å². The lowest BCUT2D eigenvalue weighted by molar-refractivity contribution is -0.274. The molecule has 1 atom stereocenters. The van der Waals surface area contributed by atoms with Gasteiger partial charge in [-0.25, -0.2) is 4.99 Å². The summed E-state index contributed by atoms with van der Waals surface area (Å²) in [5.74, 6) is -2.95. The molecule has 1 aliphatic rings. The van der Waals surface area contributed by atoms with E-state index in [9.17, 15) is 31.1 Å². The van der Waals surface area contributed by atoms with Gasteiger partial charge in [-0.3, -0.25) is 4.79 Å². The summed E-state index contributed by atoms with van der Waals surface area (Å²) >= 11 is 0. The van der Waals surface area contributed by atoms with Crippen molar-refractivity contribution in [1.29, 1.82) is 0 Å². The van der Waals surface area contributed by atoms with Gasteiger partial charge in [0.15, 0.2) is 0 Å². The van der Waals surface area contributed by atoms with Crippen molar-refractivity contribution in [2.75, 3.05) is 0 Å². The highest BCUT2D eigenvalue weighted by molar-refractivity contribution is 8.01. The van der Waals surface area contributed by atoms with Crippen molar-refractivity contribution in [2.45, 2.75) is 17.4 Å². The minimum absolute atomic E-state index is 0. The molecular formula is C10H5ClF6N2O2S. The molecule has 1 aromatic carbocycles. The number of alkyl halides is 6. The minimum atomic E-state index is -5.15. The van der Waals surface area contributed by atoms with Crippen LogP contribution < -0.4 is 4.74 Å². The highest BCUT2D eigenvalue weighted by Gasteiger charge is 2.39. The lowest BCUT2D eigenvalue weighted by atomic mass is 10.3. The van der Waals surface area contributed by atoms with Gasteiger partial charge in [-0.05, 0) is 28.9 Å². The van der Waals surface area contributed by atoms with Crippen molar-refractivity contribution in [3.63, 3.8) is 0 Å². The van der Waals surface area contributed by atoms with Gasteiger partial charge in [0.2, 0.25) is 0 Å². The monoisotopic (exact) mass is 366 g/mol. The number of amides is 1. The Balaban J connectivity index is 0.00000242. The van der Waals surface area contributed by atoms with Crippen LogP contribution in [0.25, 0.3) is 0 Å². The topological polar surface area (TPSA) is 51.0 Å². The lowest BCUT2D eigenvalue weighted by Crippen LogP contribution is -2.21. The zero-order valence-electron chi connectivity index (χ0n) is 10.1. The summed E-state index contributed by atoms with van der Waals surface area (Å²) in [4.78, 5) is 14.4. The Morgan fingerprint density at radius 3 is 2.36 bits per heavy atom. The summed E-state index contributed by atoms with van der Waals surface area (Å²) in [7, 11) is -1.70. The molecule has 0 saturated heterocycles. The van der Waals surface area contributed by atoms with Crippen LogP contribution in [0.2, 0.25) is 0 Å². The molecule has 122 valence electrons. The number of hydrogen-bond acceptors (Lipinski definition) is 3. The number of fused-ring (bicyclic) bond motifs is 1. The van der Waals surface area contributed by atoms with E-state index in [1.54, 1.807) is 0 Å². The van der Waals surface area contributed by atoms with Crippen LogP contribution in [0.4, 0.5) is 32.0 Å².